The molecule has 1 aliphatic heterocycles. The van der Waals surface area contributed by atoms with Gasteiger partial charge < -0.3 is 10.6 Å². The quantitative estimate of drug-likeness (QED) is 0.883. The number of halogens is 1. The number of Topliss-reactive ketones (excluding diaryl/α,β-unsaturated/α-hetero) is 1. The number of dihydropyridines is 1. The summed E-state index contributed by atoms with van der Waals surface area (Å²) in [4.78, 5) is 11.8. The van der Waals surface area contributed by atoms with Gasteiger partial charge in [-0.25, -0.2) is 4.39 Å². The Morgan fingerprint density at radius 2 is 2.10 bits per heavy atom. The lowest BCUT2D eigenvalue weighted by Crippen LogP contribution is -2.23. The van der Waals surface area contributed by atoms with E-state index in [9.17, 15) is 9.18 Å². The van der Waals surface area contributed by atoms with Crippen molar-refractivity contribution in [2.24, 2.45) is 0 Å². The van der Waals surface area contributed by atoms with Gasteiger partial charge in [0.2, 0.25) is 0 Å². The number of allylic oxidation sites excluding steroid dienone is 2. The fourth-order valence-corrected chi connectivity index (χ4v) is 1.95. The van der Waals surface area contributed by atoms with Crippen LogP contribution in [0, 0.1) is 12.7 Å². The molecule has 0 saturated heterocycles. The summed E-state index contributed by atoms with van der Waals surface area (Å²) in [6.45, 7) is 8.14. The summed E-state index contributed by atoms with van der Waals surface area (Å²) < 4.78 is 13.8. The molecule has 21 heavy (non-hydrogen) atoms. The van der Waals surface area contributed by atoms with Gasteiger partial charge in [-0.3, -0.25) is 4.79 Å². The Kier molecular flexibility index (Phi) is 6.66. The molecule has 114 valence electrons. The van der Waals surface area contributed by atoms with Gasteiger partial charge in [0.15, 0.2) is 5.78 Å². The van der Waals surface area contributed by atoms with Crippen molar-refractivity contribution in [2.45, 2.75) is 34.1 Å². The summed E-state index contributed by atoms with van der Waals surface area (Å²) in [6, 6.07) is 4.99. The van der Waals surface area contributed by atoms with Crippen LogP contribution < -0.4 is 10.6 Å². The number of nitrogens with one attached hydrogen (secondary N) is 2. The molecule has 1 aliphatic rings. The van der Waals surface area contributed by atoms with Gasteiger partial charge >= 0.3 is 0 Å². The topological polar surface area (TPSA) is 41.1 Å². The van der Waals surface area contributed by atoms with Crippen LogP contribution in [0.15, 0.2) is 41.7 Å². The maximum atomic E-state index is 13.8. The van der Waals surface area contributed by atoms with Crippen LogP contribution in [-0.2, 0) is 4.79 Å². The van der Waals surface area contributed by atoms with E-state index in [4.69, 9.17) is 0 Å². The molecule has 2 rings (SSSR count). The molecular weight excluding hydrogens is 267 g/mol. The molecule has 0 atom stereocenters. The molecule has 0 saturated carbocycles. The lowest BCUT2D eigenvalue weighted by atomic mass is 10.0. The van der Waals surface area contributed by atoms with Crippen molar-refractivity contribution < 1.29 is 9.18 Å². The van der Waals surface area contributed by atoms with Crippen LogP contribution in [0.4, 0.5) is 10.1 Å². The number of rotatable bonds is 4. The Balaban J connectivity index is 0.00000106. The molecule has 3 nitrogen and oxygen atoms in total. The zero-order chi connectivity index (χ0) is 15.8. The van der Waals surface area contributed by atoms with Crippen molar-refractivity contribution in [3.63, 3.8) is 0 Å². The van der Waals surface area contributed by atoms with E-state index < -0.39 is 0 Å². The molecule has 0 unspecified atom stereocenters. The number of anilines is 1. The number of hydrogen-bond acceptors (Lipinski definition) is 3. The molecule has 2 N–H and O–H groups in total. The van der Waals surface area contributed by atoms with Gasteiger partial charge in [-0.05, 0) is 36.9 Å². The van der Waals surface area contributed by atoms with Crippen molar-refractivity contribution in [1.82, 2.24) is 5.32 Å². The van der Waals surface area contributed by atoms with Crippen LogP contribution in [0.3, 0.4) is 0 Å². The first-order valence-corrected chi connectivity index (χ1v) is 7.31. The molecule has 0 aromatic heterocycles. The van der Waals surface area contributed by atoms with Crippen molar-refractivity contribution in [1.29, 1.82) is 0 Å². The minimum atomic E-state index is -0.314. The van der Waals surface area contributed by atoms with Gasteiger partial charge in [0.25, 0.3) is 0 Å². The highest BCUT2D eigenvalue weighted by atomic mass is 19.1. The highest BCUT2D eigenvalue weighted by molar-refractivity contribution is 5.99. The second-order valence-electron chi connectivity index (χ2n) is 4.49. The SMILES string of the molecule is CC.CCC(=O)C1=C(Nc2ccc(C)cc2F)CNC=C1. The van der Waals surface area contributed by atoms with Gasteiger partial charge in [0.1, 0.15) is 5.82 Å². The first-order chi connectivity index (χ1) is 10.1. The molecule has 1 heterocycles. The van der Waals surface area contributed by atoms with Crippen molar-refractivity contribution in [2.75, 3.05) is 11.9 Å². The Morgan fingerprint density at radius 1 is 1.38 bits per heavy atom. The van der Waals surface area contributed by atoms with Crippen molar-refractivity contribution >= 4 is 11.5 Å². The van der Waals surface area contributed by atoms with E-state index in [1.54, 1.807) is 18.3 Å². The first kappa shape index (κ1) is 17.0. The summed E-state index contributed by atoms with van der Waals surface area (Å²) in [5, 5.41) is 6.03. The molecule has 0 aliphatic carbocycles. The molecule has 0 spiro atoms. The molecule has 0 amide bonds. The number of benzene rings is 1. The Bertz CT molecular complexity index is 562. The number of carbonyl (C=O) groups is 1. The molecule has 1 aromatic carbocycles. The first-order valence-electron chi connectivity index (χ1n) is 7.31. The molecule has 0 bridgehead atoms. The maximum Gasteiger partial charge on any atom is 0.164 e. The van der Waals surface area contributed by atoms with E-state index in [1.165, 1.54) is 6.07 Å². The van der Waals surface area contributed by atoms with Gasteiger partial charge in [-0.1, -0.05) is 26.8 Å². The van der Waals surface area contributed by atoms with Crippen LogP contribution in [0.1, 0.15) is 32.8 Å². The molecule has 1 aromatic rings. The molecular formula is C17H23FN2O. The monoisotopic (exact) mass is 290 g/mol. The second kappa shape index (κ2) is 8.25. The minimum absolute atomic E-state index is 0.0489. The third-order valence-corrected chi connectivity index (χ3v) is 3.00. The Hall–Kier alpha value is -2.10. The highest BCUT2D eigenvalue weighted by Gasteiger charge is 2.15. The number of hydrogen-bond donors (Lipinski definition) is 2. The predicted octanol–water partition coefficient (Wildman–Crippen LogP) is 3.92. The molecule has 0 fully saturated rings. The standard InChI is InChI=1S/C15H17FN2O.C2H6/c1-3-15(19)11-6-7-17-9-14(11)18-13-5-4-10(2)8-12(13)16;1-2/h4-8,17-18H,3,9H2,1-2H3;1-2H3. The number of ketones is 1. The van der Waals surface area contributed by atoms with Gasteiger partial charge in [0, 0.05) is 17.7 Å². The summed E-state index contributed by atoms with van der Waals surface area (Å²) >= 11 is 0. The predicted molar refractivity (Wildman–Crippen MR) is 85.6 cm³/mol. The average Bonchev–Trinajstić information content (AvgIpc) is 2.52. The van der Waals surface area contributed by atoms with E-state index in [2.05, 4.69) is 10.6 Å². The van der Waals surface area contributed by atoms with E-state index in [-0.39, 0.29) is 11.6 Å². The lowest BCUT2D eigenvalue weighted by Gasteiger charge is -2.18. The van der Waals surface area contributed by atoms with Crippen LogP contribution in [0.2, 0.25) is 0 Å². The van der Waals surface area contributed by atoms with Crippen LogP contribution in [-0.4, -0.2) is 12.3 Å². The average molecular weight is 290 g/mol. The third-order valence-electron chi connectivity index (χ3n) is 3.00. The van der Waals surface area contributed by atoms with Crippen LogP contribution >= 0.6 is 0 Å². The normalized spacial score (nSPS) is 13.2. The van der Waals surface area contributed by atoms with E-state index in [1.807, 2.05) is 33.8 Å². The van der Waals surface area contributed by atoms with Gasteiger partial charge in [-0.2, -0.15) is 0 Å². The van der Waals surface area contributed by atoms with Crippen molar-refractivity contribution in [3.8, 4) is 0 Å². The fourth-order valence-electron chi connectivity index (χ4n) is 1.95. The number of aryl methyl sites for hydroxylation is 1. The van der Waals surface area contributed by atoms with E-state index in [0.717, 1.165) is 5.56 Å². The fraction of sp³-hybridized carbons (Fsp3) is 0.353. The van der Waals surface area contributed by atoms with Crippen LogP contribution in [0.25, 0.3) is 0 Å². The second-order valence-corrected chi connectivity index (χ2v) is 4.49. The minimum Gasteiger partial charge on any atom is -0.385 e. The summed E-state index contributed by atoms with van der Waals surface area (Å²) in [5.41, 5.74) is 2.57. The Labute approximate surface area is 125 Å². The van der Waals surface area contributed by atoms with Crippen molar-refractivity contribution in [3.05, 3.63) is 53.1 Å². The van der Waals surface area contributed by atoms with E-state index in [0.29, 0.717) is 29.9 Å². The van der Waals surface area contributed by atoms with E-state index >= 15 is 0 Å². The lowest BCUT2D eigenvalue weighted by molar-refractivity contribution is -0.115. The third kappa shape index (κ3) is 4.45. The summed E-state index contributed by atoms with van der Waals surface area (Å²) in [7, 11) is 0. The Morgan fingerprint density at radius 3 is 2.71 bits per heavy atom. The smallest absolute Gasteiger partial charge is 0.164 e. The zero-order valence-electron chi connectivity index (χ0n) is 13.1. The molecule has 0 radical (unpaired) electrons. The highest BCUT2D eigenvalue weighted by Crippen LogP contribution is 2.20. The van der Waals surface area contributed by atoms with Crippen LogP contribution in [0.5, 0.6) is 0 Å². The number of carbonyl (C=O) groups excluding carboxylic acids is 1. The maximum absolute atomic E-state index is 13.8. The van der Waals surface area contributed by atoms with Gasteiger partial charge in [0.05, 0.1) is 12.2 Å². The summed E-state index contributed by atoms with van der Waals surface area (Å²) in [5.74, 6) is -0.266. The largest absolute Gasteiger partial charge is 0.385 e. The van der Waals surface area contributed by atoms with Gasteiger partial charge in [-0.15, -0.1) is 0 Å². The zero-order valence-corrected chi connectivity index (χ0v) is 13.1. The molecule has 4 heteroatoms. The summed E-state index contributed by atoms with van der Waals surface area (Å²) in [6.07, 6.45) is 3.89.